The molecule has 0 spiro atoms. The number of carbonyl (C=O) groups is 1. The van der Waals surface area contributed by atoms with Crippen molar-refractivity contribution in [2.45, 2.75) is 65.2 Å². The minimum absolute atomic E-state index is 0.0625. The molecule has 0 unspecified atom stereocenters. The van der Waals surface area contributed by atoms with Crippen LogP contribution in [0, 0.1) is 6.92 Å². The molecular formula is C17H27BrN2O. The van der Waals surface area contributed by atoms with E-state index in [1.807, 2.05) is 19.1 Å². The summed E-state index contributed by atoms with van der Waals surface area (Å²) in [6.45, 7) is 4.17. The highest BCUT2D eigenvalue weighted by Gasteiger charge is 2.07. The number of benzene rings is 1. The number of rotatable bonds is 9. The van der Waals surface area contributed by atoms with Crippen molar-refractivity contribution in [1.29, 1.82) is 0 Å². The molecule has 118 valence electrons. The number of hydrogen-bond donors (Lipinski definition) is 2. The van der Waals surface area contributed by atoms with E-state index in [9.17, 15) is 4.79 Å². The summed E-state index contributed by atoms with van der Waals surface area (Å²) in [5.41, 5.74) is 8.33. The van der Waals surface area contributed by atoms with Crippen LogP contribution in [0.1, 0.15) is 63.9 Å². The van der Waals surface area contributed by atoms with Gasteiger partial charge in [0.2, 0.25) is 5.91 Å². The molecule has 0 bridgehead atoms. The van der Waals surface area contributed by atoms with Crippen LogP contribution in [0.3, 0.4) is 0 Å². The van der Waals surface area contributed by atoms with E-state index < -0.39 is 0 Å². The Morgan fingerprint density at radius 1 is 1.14 bits per heavy atom. The van der Waals surface area contributed by atoms with Crippen molar-refractivity contribution < 1.29 is 4.79 Å². The predicted octanol–water partition coefficient (Wildman–Crippen LogP) is 5.42. The first-order chi connectivity index (χ1) is 10.0. The maximum atomic E-state index is 11.9. The van der Waals surface area contributed by atoms with Gasteiger partial charge >= 0.3 is 0 Å². The number of hydrogen-bond acceptors (Lipinski definition) is 2. The van der Waals surface area contributed by atoms with Crippen LogP contribution in [0.25, 0.3) is 0 Å². The highest BCUT2D eigenvalue weighted by atomic mass is 79.9. The number of amides is 1. The van der Waals surface area contributed by atoms with Crippen molar-refractivity contribution in [2.24, 2.45) is 0 Å². The number of nitrogens with one attached hydrogen (secondary N) is 1. The maximum absolute atomic E-state index is 11.9. The number of nitrogen functional groups attached to an aromatic ring is 1. The summed E-state index contributed by atoms with van der Waals surface area (Å²) < 4.78 is 0.877. The SMILES string of the molecule is CCCCCCCCCC(=O)Nc1cc(N)c(C)cc1Br. The van der Waals surface area contributed by atoms with Crippen molar-refractivity contribution in [3.8, 4) is 0 Å². The zero-order valence-corrected chi connectivity index (χ0v) is 14.8. The molecule has 0 saturated heterocycles. The molecule has 0 aliphatic rings. The molecule has 1 aromatic rings. The molecule has 1 rings (SSSR count). The van der Waals surface area contributed by atoms with Gasteiger partial charge in [-0.2, -0.15) is 0 Å². The lowest BCUT2D eigenvalue weighted by Crippen LogP contribution is -2.12. The fraction of sp³-hybridized carbons (Fsp3) is 0.588. The summed E-state index contributed by atoms with van der Waals surface area (Å²) in [6.07, 6.45) is 9.10. The van der Waals surface area contributed by atoms with Crippen LogP contribution >= 0.6 is 15.9 Å². The van der Waals surface area contributed by atoms with Crippen LogP contribution in [0.4, 0.5) is 11.4 Å². The van der Waals surface area contributed by atoms with Crippen molar-refractivity contribution in [3.63, 3.8) is 0 Å². The van der Waals surface area contributed by atoms with Crippen LogP contribution in [0.2, 0.25) is 0 Å². The molecule has 3 N–H and O–H groups in total. The summed E-state index contributed by atoms with van der Waals surface area (Å²) >= 11 is 3.46. The zero-order valence-electron chi connectivity index (χ0n) is 13.2. The molecule has 0 heterocycles. The summed E-state index contributed by atoms with van der Waals surface area (Å²) in [5.74, 6) is 0.0625. The number of aryl methyl sites for hydroxylation is 1. The van der Waals surface area contributed by atoms with Crippen molar-refractivity contribution in [1.82, 2.24) is 0 Å². The highest BCUT2D eigenvalue weighted by Crippen LogP contribution is 2.28. The Morgan fingerprint density at radius 3 is 2.43 bits per heavy atom. The molecule has 0 atom stereocenters. The Kier molecular flexibility index (Phi) is 8.43. The minimum atomic E-state index is 0.0625. The smallest absolute Gasteiger partial charge is 0.224 e. The van der Waals surface area contributed by atoms with Gasteiger partial charge in [-0.25, -0.2) is 0 Å². The Balaban J connectivity index is 2.26. The number of nitrogens with two attached hydrogens (primary N) is 1. The average molecular weight is 355 g/mol. The van der Waals surface area contributed by atoms with Gasteiger partial charge in [0.15, 0.2) is 0 Å². The van der Waals surface area contributed by atoms with Gasteiger partial charge in [0.25, 0.3) is 0 Å². The molecule has 4 heteroatoms. The van der Waals surface area contributed by atoms with E-state index in [2.05, 4.69) is 28.2 Å². The van der Waals surface area contributed by atoms with Crippen LogP contribution in [-0.2, 0) is 4.79 Å². The topological polar surface area (TPSA) is 55.1 Å². The summed E-state index contributed by atoms with van der Waals surface area (Å²) in [7, 11) is 0. The Hall–Kier alpha value is -1.03. The summed E-state index contributed by atoms with van der Waals surface area (Å²) in [4.78, 5) is 11.9. The normalized spacial score (nSPS) is 10.6. The first-order valence-electron chi connectivity index (χ1n) is 7.90. The molecule has 3 nitrogen and oxygen atoms in total. The largest absolute Gasteiger partial charge is 0.398 e. The Morgan fingerprint density at radius 2 is 1.76 bits per heavy atom. The summed E-state index contributed by atoms with van der Waals surface area (Å²) in [6, 6.07) is 3.74. The van der Waals surface area contributed by atoms with Crippen molar-refractivity contribution in [2.75, 3.05) is 11.1 Å². The fourth-order valence-corrected chi connectivity index (χ4v) is 2.80. The number of carbonyl (C=O) groups excluding carboxylic acids is 1. The molecule has 0 aliphatic carbocycles. The monoisotopic (exact) mass is 354 g/mol. The maximum Gasteiger partial charge on any atom is 0.224 e. The molecule has 0 radical (unpaired) electrons. The average Bonchev–Trinajstić information content (AvgIpc) is 2.44. The van der Waals surface area contributed by atoms with Gasteiger partial charge in [0.05, 0.1) is 5.69 Å². The van der Waals surface area contributed by atoms with Crippen LogP contribution in [0.15, 0.2) is 16.6 Å². The molecule has 0 aromatic heterocycles. The van der Waals surface area contributed by atoms with Gasteiger partial charge in [-0.1, -0.05) is 45.4 Å². The van der Waals surface area contributed by atoms with Gasteiger partial charge in [-0.3, -0.25) is 4.79 Å². The quantitative estimate of drug-likeness (QED) is 0.459. The third kappa shape index (κ3) is 6.98. The lowest BCUT2D eigenvalue weighted by atomic mass is 10.1. The highest BCUT2D eigenvalue weighted by molar-refractivity contribution is 9.10. The van der Waals surface area contributed by atoms with Gasteiger partial charge in [0, 0.05) is 16.6 Å². The molecule has 0 fully saturated rings. The van der Waals surface area contributed by atoms with Crippen LogP contribution < -0.4 is 11.1 Å². The number of anilines is 2. The van der Waals surface area contributed by atoms with Gasteiger partial charge in [-0.15, -0.1) is 0 Å². The summed E-state index contributed by atoms with van der Waals surface area (Å²) in [5, 5.41) is 2.92. The Labute approximate surface area is 136 Å². The first kappa shape index (κ1) is 18.0. The molecule has 0 saturated carbocycles. The third-order valence-electron chi connectivity index (χ3n) is 3.64. The van der Waals surface area contributed by atoms with E-state index in [0.717, 1.165) is 28.6 Å². The second kappa shape index (κ2) is 9.82. The second-order valence-corrected chi connectivity index (χ2v) is 6.46. The molecule has 21 heavy (non-hydrogen) atoms. The Bertz CT molecular complexity index is 460. The minimum Gasteiger partial charge on any atom is -0.398 e. The van der Waals surface area contributed by atoms with E-state index in [1.165, 1.54) is 32.1 Å². The number of unbranched alkanes of at least 4 members (excludes halogenated alkanes) is 6. The zero-order chi connectivity index (χ0) is 15.7. The molecular weight excluding hydrogens is 328 g/mol. The van der Waals surface area contributed by atoms with Gasteiger partial charge in [0.1, 0.15) is 0 Å². The predicted molar refractivity (Wildman–Crippen MR) is 94.5 cm³/mol. The molecule has 1 aromatic carbocycles. The number of halogens is 1. The second-order valence-electron chi connectivity index (χ2n) is 5.61. The van der Waals surface area contributed by atoms with E-state index in [4.69, 9.17) is 5.73 Å². The van der Waals surface area contributed by atoms with Crippen molar-refractivity contribution in [3.05, 3.63) is 22.2 Å². The molecule has 1 amide bonds. The van der Waals surface area contributed by atoms with Gasteiger partial charge in [-0.05, 0) is 47.0 Å². The third-order valence-corrected chi connectivity index (χ3v) is 4.29. The standard InChI is InChI=1S/C17H27BrN2O/c1-3-4-5-6-7-8-9-10-17(21)20-16-12-15(19)13(2)11-14(16)18/h11-12H,3-10,19H2,1-2H3,(H,20,21). The lowest BCUT2D eigenvalue weighted by molar-refractivity contribution is -0.116. The van der Waals surface area contributed by atoms with E-state index in [0.29, 0.717) is 12.1 Å². The van der Waals surface area contributed by atoms with Crippen LogP contribution in [0.5, 0.6) is 0 Å². The van der Waals surface area contributed by atoms with E-state index in [1.54, 1.807) is 0 Å². The van der Waals surface area contributed by atoms with E-state index >= 15 is 0 Å². The molecule has 0 aliphatic heterocycles. The lowest BCUT2D eigenvalue weighted by Gasteiger charge is -2.10. The van der Waals surface area contributed by atoms with E-state index in [-0.39, 0.29) is 5.91 Å². The first-order valence-corrected chi connectivity index (χ1v) is 8.69. The fourth-order valence-electron chi connectivity index (χ4n) is 2.24. The van der Waals surface area contributed by atoms with Crippen LogP contribution in [-0.4, -0.2) is 5.91 Å². The van der Waals surface area contributed by atoms with Gasteiger partial charge < -0.3 is 11.1 Å². The van der Waals surface area contributed by atoms with Crippen molar-refractivity contribution >= 4 is 33.2 Å².